The van der Waals surface area contributed by atoms with Crippen molar-refractivity contribution in [1.82, 2.24) is 19.7 Å². The van der Waals surface area contributed by atoms with E-state index < -0.39 is 10.0 Å². The number of hydrogen-bond donors (Lipinski definition) is 2. The van der Waals surface area contributed by atoms with Crippen LogP contribution in [0, 0.1) is 0 Å². The lowest BCUT2D eigenvalue weighted by Crippen LogP contribution is -2.26. The van der Waals surface area contributed by atoms with Crippen molar-refractivity contribution in [3.8, 4) is 22.4 Å². The Hall–Kier alpha value is -3.20. The van der Waals surface area contributed by atoms with Crippen LogP contribution in [0.4, 0.5) is 0 Å². The maximum Gasteiger partial charge on any atom is 0.240 e. The standard InChI is InChI=1S/C21H18N4O3S/c26-14-13-24-29(27,28)17-3-1-16(2-4-17)19-5-6-20-21(25-19)18(9-12-23-20)15-7-10-22-11-8-15/h1-12,24,26H,13-14H2. The number of pyridine rings is 3. The van der Waals surface area contributed by atoms with Gasteiger partial charge in [-0.1, -0.05) is 12.1 Å². The highest BCUT2D eigenvalue weighted by Crippen LogP contribution is 2.28. The Morgan fingerprint density at radius 1 is 0.862 bits per heavy atom. The summed E-state index contributed by atoms with van der Waals surface area (Å²) in [7, 11) is -3.65. The van der Waals surface area contributed by atoms with Gasteiger partial charge in [-0.15, -0.1) is 0 Å². The Balaban J connectivity index is 1.73. The van der Waals surface area contributed by atoms with E-state index in [0.29, 0.717) is 5.69 Å². The fourth-order valence-corrected chi connectivity index (χ4v) is 4.04. The quantitative estimate of drug-likeness (QED) is 0.510. The van der Waals surface area contributed by atoms with Crippen LogP contribution in [-0.4, -0.2) is 41.6 Å². The molecule has 0 aliphatic heterocycles. The molecule has 0 amide bonds. The van der Waals surface area contributed by atoms with E-state index in [1.807, 2.05) is 30.3 Å². The first-order valence-corrected chi connectivity index (χ1v) is 10.4. The van der Waals surface area contributed by atoms with Crippen molar-refractivity contribution < 1.29 is 13.5 Å². The number of hydrogen-bond acceptors (Lipinski definition) is 6. The number of aliphatic hydroxyl groups excluding tert-OH is 1. The van der Waals surface area contributed by atoms with Gasteiger partial charge in [0.2, 0.25) is 10.0 Å². The van der Waals surface area contributed by atoms with Gasteiger partial charge in [0.15, 0.2) is 0 Å². The molecule has 0 spiro atoms. The van der Waals surface area contributed by atoms with E-state index in [4.69, 9.17) is 10.1 Å². The molecule has 0 radical (unpaired) electrons. The minimum Gasteiger partial charge on any atom is -0.395 e. The number of benzene rings is 1. The second kappa shape index (κ2) is 8.04. The predicted molar refractivity (Wildman–Crippen MR) is 110 cm³/mol. The molecule has 146 valence electrons. The van der Waals surface area contributed by atoms with Crippen LogP contribution in [-0.2, 0) is 10.0 Å². The summed E-state index contributed by atoms with van der Waals surface area (Å²) in [5.74, 6) is 0. The highest BCUT2D eigenvalue weighted by molar-refractivity contribution is 7.89. The van der Waals surface area contributed by atoms with E-state index in [1.165, 1.54) is 12.1 Å². The topological polar surface area (TPSA) is 105 Å². The van der Waals surface area contributed by atoms with Crippen LogP contribution in [0.1, 0.15) is 0 Å². The van der Waals surface area contributed by atoms with Gasteiger partial charge in [0.25, 0.3) is 0 Å². The third-order valence-electron chi connectivity index (χ3n) is 4.44. The molecule has 3 heterocycles. The first kappa shape index (κ1) is 19.1. The molecule has 0 fully saturated rings. The number of aromatic nitrogens is 3. The second-order valence-corrected chi connectivity index (χ2v) is 8.07. The number of nitrogens with one attached hydrogen (secondary N) is 1. The Morgan fingerprint density at radius 2 is 1.62 bits per heavy atom. The van der Waals surface area contributed by atoms with Crippen molar-refractivity contribution >= 4 is 21.1 Å². The van der Waals surface area contributed by atoms with Gasteiger partial charge in [0.1, 0.15) is 0 Å². The van der Waals surface area contributed by atoms with E-state index >= 15 is 0 Å². The molecule has 2 N–H and O–H groups in total. The van der Waals surface area contributed by atoms with Crippen LogP contribution in [0.25, 0.3) is 33.4 Å². The van der Waals surface area contributed by atoms with Crippen molar-refractivity contribution in [1.29, 1.82) is 0 Å². The lowest BCUT2D eigenvalue weighted by atomic mass is 10.1. The summed E-state index contributed by atoms with van der Waals surface area (Å²) in [6.45, 7) is -0.284. The SMILES string of the molecule is O=S(=O)(NCCO)c1ccc(-c2ccc3nccc(-c4ccncc4)c3n2)cc1. The van der Waals surface area contributed by atoms with Crippen molar-refractivity contribution in [3.63, 3.8) is 0 Å². The molecule has 1 aromatic carbocycles. The minimum absolute atomic E-state index is 0.0267. The van der Waals surface area contributed by atoms with Crippen LogP contribution in [0.15, 0.2) is 78.1 Å². The number of sulfonamides is 1. The molecule has 0 aliphatic rings. The van der Waals surface area contributed by atoms with Crippen LogP contribution in [0.5, 0.6) is 0 Å². The monoisotopic (exact) mass is 406 g/mol. The molecule has 29 heavy (non-hydrogen) atoms. The van der Waals surface area contributed by atoms with Crippen molar-refractivity contribution in [2.45, 2.75) is 4.90 Å². The van der Waals surface area contributed by atoms with Crippen LogP contribution < -0.4 is 4.72 Å². The Morgan fingerprint density at radius 3 is 2.34 bits per heavy atom. The molecular weight excluding hydrogens is 388 g/mol. The van der Waals surface area contributed by atoms with Crippen molar-refractivity contribution in [2.75, 3.05) is 13.2 Å². The van der Waals surface area contributed by atoms with E-state index in [0.717, 1.165) is 27.7 Å². The molecule has 0 unspecified atom stereocenters. The van der Waals surface area contributed by atoms with Gasteiger partial charge in [0.05, 0.1) is 28.2 Å². The van der Waals surface area contributed by atoms with Gasteiger partial charge < -0.3 is 5.11 Å². The normalized spacial score (nSPS) is 11.6. The molecule has 7 nitrogen and oxygen atoms in total. The third-order valence-corrected chi connectivity index (χ3v) is 5.92. The Kier molecular flexibility index (Phi) is 5.30. The maximum atomic E-state index is 12.2. The summed E-state index contributed by atoms with van der Waals surface area (Å²) in [5, 5.41) is 8.82. The van der Waals surface area contributed by atoms with Crippen LogP contribution >= 0.6 is 0 Å². The zero-order chi connectivity index (χ0) is 20.3. The van der Waals surface area contributed by atoms with Gasteiger partial charge >= 0.3 is 0 Å². The van der Waals surface area contributed by atoms with E-state index in [9.17, 15) is 8.42 Å². The number of nitrogens with zero attached hydrogens (tertiary/aromatic N) is 3. The van der Waals surface area contributed by atoms with Gasteiger partial charge in [-0.2, -0.15) is 0 Å². The van der Waals surface area contributed by atoms with E-state index in [2.05, 4.69) is 14.7 Å². The maximum absolute atomic E-state index is 12.2. The lowest BCUT2D eigenvalue weighted by molar-refractivity contribution is 0.301. The average Bonchev–Trinajstić information content (AvgIpc) is 2.77. The smallest absolute Gasteiger partial charge is 0.240 e. The lowest BCUT2D eigenvalue weighted by Gasteiger charge is -2.09. The summed E-state index contributed by atoms with van der Waals surface area (Å²) in [6.07, 6.45) is 5.21. The van der Waals surface area contributed by atoms with E-state index in [1.54, 1.807) is 30.7 Å². The number of aliphatic hydroxyl groups is 1. The highest BCUT2D eigenvalue weighted by atomic mass is 32.2. The minimum atomic E-state index is -3.65. The molecule has 4 aromatic rings. The number of fused-ring (bicyclic) bond motifs is 1. The molecule has 0 atom stereocenters. The molecule has 0 aliphatic carbocycles. The molecule has 0 bridgehead atoms. The fourth-order valence-electron chi connectivity index (χ4n) is 3.02. The van der Waals surface area contributed by atoms with Gasteiger partial charge in [-0.25, -0.2) is 18.1 Å². The molecule has 0 saturated heterocycles. The molecule has 0 saturated carbocycles. The summed E-state index contributed by atoms with van der Waals surface area (Å²) in [4.78, 5) is 13.4. The first-order valence-electron chi connectivity index (χ1n) is 8.95. The fraction of sp³-hybridized carbons (Fsp3) is 0.0952. The summed E-state index contributed by atoms with van der Waals surface area (Å²) in [6, 6.07) is 16.0. The van der Waals surface area contributed by atoms with Crippen LogP contribution in [0.3, 0.4) is 0 Å². The van der Waals surface area contributed by atoms with Gasteiger partial charge in [-0.05, 0) is 48.0 Å². The average molecular weight is 406 g/mol. The summed E-state index contributed by atoms with van der Waals surface area (Å²) in [5.41, 5.74) is 4.98. The number of rotatable bonds is 6. The molecule has 3 aromatic heterocycles. The molecule has 8 heteroatoms. The Bertz CT molecular complexity index is 1240. The van der Waals surface area contributed by atoms with Gasteiger partial charge in [-0.3, -0.25) is 9.97 Å². The van der Waals surface area contributed by atoms with Crippen molar-refractivity contribution in [2.24, 2.45) is 0 Å². The predicted octanol–water partition coefficient (Wildman–Crippen LogP) is 2.63. The zero-order valence-electron chi connectivity index (χ0n) is 15.4. The zero-order valence-corrected chi connectivity index (χ0v) is 16.2. The first-order chi connectivity index (χ1) is 14.1. The Labute approximate surface area is 168 Å². The summed E-state index contributed by atoms with van der Waals surface area (Å²) < 4.78 is 26.7. The van der Waals surface area contributed by atoms with Crippen LogP contribution in [0.2, 0.25) is 0 Å². The summed E-state index contributed by atoms with van der Waals surface area (Å²) >= 11 is 0. The van der Waals surface area contributed by atoms with E-state index in [-0.39, 0.29) is 18.0 Å². The highest BCUT2D eigenvalue weighted by Gasteiger charge is 2.14. The largest absolute Gasteiger partial charge is 0.395 e. The molecule has 4 rings (SSSR count). The molecular formula is C21H18N4O3S. The third kappa shape index (κ3) is 4.00. The van der Waals surface area contributed by atoms with Crippen molar-refractivity contribution in [3.05, 3.63) is 73.2 Å². The van der Waals surface area contributed by atoms with Gasteiger partial charge in [0, 0.05) is 36.3 Å². The second-order valence-electron chi connectivity index (χ2n) is 6.30.